The standard InChI is InChI=1S/C12H18F3N3O/c1-2-10(16)11-4-3-9(7-17-11)18(5-6-19)8-12(13,14)15/h3-4,7,10,19H,2,5-6,8,16H2,1H3. The lowest BCUT2D eigenvalue weighted by Gasteiger charge is -2.25. The lowest BCUT2D eigenvalue weighted by molar-refractivity contribution is -0.119. The summed E-state index contributed by atoms with van der Waals surface area (Å²) in [6, 6.07) is 2.94. The number of aromatic nitrogens is 1. The van der Waals surface area contributed by atoms with Crippen molar-refractivity contribution in [3.63, 3.8) is 0 Å². The third-order valence-corrected chi connectivity index (χ3v) is 2.70. The molecule has 0 bridgehead atoms. The zero-order valence-electron chi connectivity index (χ0n) is 10.7. The van der Waals surface area contributed by atoms with Crippen molar-refractivity contribution in [1.29, 1.82) is 0 Å². The number of aliphatic hydroxyl groups excluding tert-OH is 1. The van der Waals surface area contributed by atoms with Crippen LogP contribution in [0, 0.1) is 0 Å². The average molecular weight is 277 g/mol. The van der Waals surface area contributed by atoms with E-state index in [1.54, 1.807) is 12.1 Å². The molecular weight excluding hydrogens is 259 g/mol. The van der Waals surface area contributed by atoms with E-state index in [-0.39, 0.29) is 19.2 Å². The van der Waals surface area contributed by atoms with Gasteiger partial charge in [-0.15, -0.1) is 0 Å². The summed E-state index contributed by atoms with van der Waals surface area (Å²) in [6.07, 6.45) is -2.27. The Labute approximate surface area is 110 Å². The molecule has 1 aromatic rings. The van der Waals surface area contributed by atoms with Crippen molar-refractivity contribution in [3.8, 4) is 0 Å². The van der Waals surface area contributed by atoms with E-state index in [0.29, 0.717) is 17.8 Å². The van der Waals surface area contributed by atoms with Crippen LogP contribution in [0.3, 0.4) is 0 Å². The average Bonchev–Trinajstić information content (AvgIpc) is 2.36. The van der Waals surface area contributed by atoms with E-state index < -0.39 is 12.7 Å². The number of hydrogen-bond acceptors (Lipinski definition) is 4. The monoisotopic (exact) mass is 277 g/mol. The van der Waals surface area contributed by atoms with Gasteiger partial charge in [-0.1, -0.05) is 6.92 Å². The van der Waals surface area contributed by atoms with Gasteiger partial charge in [0, 0.05) is 12.6 Å². The number of halogens is 3. The van der Waals surface area contributed by atoms with E-state index >= 15 is 0 Å². The molecule has 1 heterocycles. The lowest BCUT2D eigenvalue weighted by atomic mass is 10.1. The largest absolute Gasteiger partial charge is 0.405 e. The molecule has 0 aromatic carbocycles. The summed E-state index contributed by atoms with van der Waals surface area (Å²) in [4.78, 5) is 5.10. The Morgan fingerprint density at radius 3 is 2.53 bits per heavy atom. The molecule has 1 atom stereocenters. The van der Waals surface area contributed by atoms with E-state index in [1.165, 1.54) is 6.20 Å². The van der Waals surface area contributed by atoms with Crippen LogP contribution in [0.25, 0.3) is 0 Å². The molecule has 0 aliphatic rings. The zero-order valence-corrected chi connectivity index (χ0v) is 10.7. The molecule has 1 unspecified atom stereocenters. The molecule has 1 aromatic heterocycles. The molecule has 4 nitrogen and oxygen atoms in total. The van der Waals surface area contributed by atoms with E-state index in [4.69, 9.17) is 10.8 Å². The highest BCUT2D eigenvalue weighted by atomic mass is 19.4. The van der Waals surface area contributed by atoms with Gasteiger partial charge in [0.2, 0.25) is 0 Å². The van der Waals surface area contributed by atoms with Gasteiger partial charge in [-0.05, 0) is 18.6 Å². The normalized spacial score (nSPS) is 13.4. The van der Waals surface area contributed by atoms with Crippen molar-refractivity contribution in [3.05, 3.63) is 24.0 Å². The van der Waals surface area contributed by atoms with E-state index in [1.807, 2.05) is 6.92 Å². The number of nitrogens with two attached hydrogens (primary N) is 1. The van der Waals surface area contributed by atoms with Gasteiger partial charge in [-0.2, -0.15) is 13.2 Å². The van der Waals surface area contributed by atoms with Gasteiger partial charge in [-0.25, -0.2) is 0 Å². The minimum atomic E-state index is -4.33. The minimum Gasteiger partial charge on any atom is -0.395 e. The highest BCUT2D eigenvalue weighted by Crippen LogP contribution is 2.22. The third-order valence-electron chi connectivity index (χ3n) is 2.70. The maximum Gasteiger partial charge on any atom is 0.405 e. The number of rotatable bonds is 6. The summed E-state index contributed by atoms with van der Waals surface area (Å²) in [7, 11) is 0. The molecule has 7 heteroatoms. The summed E-state index contributed by atoms with van der Waals surface area (Å²) >= 11 is 0. The molecule has 0 saturated carbocycles. The molecule has 0 amide bonds. The summed E-state index contributed by atoms with van der Waals surface area (Å²) in [5, 5.41) is 8.83. The van der Waals surface area contributed by atoms with Crippen LogP contribution in [0.5, 0.6) is 0 Å². The number of pyridine rings is 1. The van der Waals surface area contributed by atoms with Crippen molar-refractivity contribution in [1.82, 2.24) is 4.98 Å². The summed E-state index contributed by atoms with van der Waals surface area (Å²) in [5.41, 5.74) is 6.74. The Balaban J connectivity index is 2.85. The van der Waals surface area contributed by atoms with Gasteiger partial charge in [0.25, 0.3) is 0 Å². The SMILES string of the molecule is CCC(N)c1ccc(N(CCO)CC(F)(F)F)cn1. The second-order valence-electron chi connectivity index (χ2n) is 4.22. The van der Waals surface area contributed by atoms with Crippen molar-refractivity contribution >= 4 is 5.69 Å². The van der Waals surface area contributed by atoms with Crippen LogP contribution >= 0.6 is 0 Å². The van der Waals surface area contributed by atoms with Crippen molar-refractivity contribution < 1.29 is 18.3 Å². The van der Waals surface area contributed by atoms with Gasteiger partial charge < -0.3 is 15.7 Å². The van der Waals surface area contributed by atoms with Gasteiger partial charge in [0.1, 0.15) is 6.54 Å². The molecule has 19 heavy (non-hydrogen) atoms. The van der Waals surface area contributed by atoms with Crippen molar-refractivity contribution in [2.24, 2.45) is 5.73 Å². The van der Waals surface area contributed by atoms with Crippen LogP contribution in [0.15, 0.2) is 18.3 Å². The molecule has 0 saturated heterocycles. The Morgan fingerprint density at radius 2 is 2.11 bits per heavy atom. The number of hydrogen-bond donors (Lipinski definition) is 2. The molecule has 0 aliphatic heterocycles. The highest BCUT2D eigenvalue weighted by Gasteiger charge is 2.30. The number of anilines is 1. The quantitative estimate of drug-likeness (QED) is 0.833. The number of alkyl halides is 3. The number of aliphatic hydroxyl groups is 1. The van der Waals surface area contributed by atoms with Gasteiger partial charge in [0.15, 0.2) is 0 Å². The molecule has 108 valence electrons. The fourth-order valence-electron chi connectivity index (χ4n) is 1.65. The first-order valence-corrected chi connectivity index (χ1v) is 6.01. The maximum atomic E-state index is 12.4. The fourth-order valence-corrected chi connectivity index (χ4v) is 1.65. The molecule has 0 spiro atoms. The predicted octanol–water partition coefficient (Wildman–Crippen LogP) is 1.85. The molecule has 0 radical (unpaired) electrons. The minimum absolute atomic E-state index is 0.0969. The van der Waals surface area contributed by atoms with Gasteiger partial charge in [-0.3, -0.25) is 4.98 Å². The van der Waals surface area contributed by atoms with Crippen LogP contribution in [-0.4, -0.2) is 36.0 Å². The highest BCUT2D eigenvalue weighted by molar-refractivity contribution is 5.45. The van der Waals surface area contributed by atoms with Gasteiger partial charge in [0.05, 0.1) is 24.2 Å². The first-order chi connectivity index (χ1) is 8.87. The third kappa shape index (κ3) is 5.04. The van der Waals surface area contributed by atoms with Crippen LogP contribution in [0.2, 0.25) is 0 Å². The molecular formula is C12H18F3N3O. The number of nitrogens with zero attached hydrogens (tertiary/aromatic N) is 2. The maximum absolute atomic E-state index is 12.4. The predicted molar refractivity (Wildman–Crippen MR) is 66.8 cm³/mol. The Bertz CT molecular complexity index is 381. The Morgan fingerprint density at radius 1 is 1.42 bits per heavy atom. The second kappa shape index (κ2) is 6.72. The van der Waals surface area contributed by atoms with Crippen LogP contribution < -0.4 is 10.6 Å². The molecule has 3 N–H and O–H groups in total. The second-order valence-corrected chi connectivity index (χ2v) is 4.22. The topological polar surface area (TPSA) is 62.4 Å². The van der Waals surface area contributed by atoms with E-state index in [0.717, 1.165) is 4.90 Å². The summed E-state index contributed by atoms with van der Waals surface area (Å²) in [6.45, 7) is 0.336. The Hall–Kier alpha value is -1.34. The fraction of sp³-hybridized carbons (Fsp3) is 0.583. The lowest BCUT2D eigenvalue weighted by Crippen LogP contribution is -2.36. The van der Waals surface area contributed by atoms with Gasteiger partial charge >= 0.3 is 6.18 Å². The van der Waals surface area contributed by atoms with E-state index in [2.05, 4.69) is 4.98 Å². The molecule has 0 fully saturated rings. The summed E-state index contributed by atoms with van der Waals surface area (Å²) in [5.74, 6) is 0. The molecule has 1 rings (SSSR count). The van der Waals surface area contributed by atoms with Crippen LogP contribution in [0.1, 0.15) is 25.1 Å². The van der Waals surface area contributed by atoms with E-state index in [9.17, 15) is 13.2 Å². The van der Waals surface area contributed by atoms with Crippen molar-refractivity contribution in [2.45, 2.75) is 25.6 Å². The first-order valence-electron chi connectivity index (χ1n) is 6.01. The zero-order chi connectivity index (χ0) is 14.5. The summed E-state index contributed by atoms with van der Waals surface area (Å²) < 4.78 is 37.2. The van der Waals surface area contributed by atoms with Crippen LogP contribution in [0.4, 0.5) is 18.9 Å². The Kier molecular flexibility index (Phi) is 5.56. The van der Waals surface area contributed by atoms with Crippen molar-refractivity contribution in [2.75, 3.05) is 24.6 Å². The molecule has 0 aliphatic carbocycles. The first kappa shape index (κ1) is 15.7. The smallest absolute Gasteiger partial charge is 0.395 e. The van der Waals surface area contributed by atoms with Crippen LogP contribution in [-0.2, 0) is 0 Å².